The summed E-state index contributed by atoms with van der Waals surface area (Å²) < 4.78 is 36.7. The highest BCUT2D eigenvalue weighted by atomic mass is 19.4. The first kappa shape index (κ1) is 17.5. The second-order valence-electron chi connectivity index (χ2n) is 7.15. The van der Waals surface area contributed by atoms with Crippen molar-refractivity contribution in [2.45, 2.75) is 69.8 Å². The van der Waals surface area contributed by atoms with Gasteiger partial charge in [-0.25, -0.2) is 0 Å². The normalized spacial score (nSPS) is 27.4. The van der Waals surface area contributed by atoms with Gasteiger partial charge in [-0.1, -0.05) is 30.3 Å². The maximum atomic E-state index is 12.3. The van der Waals surface area contributed by atoms with Crippen molar-refractivity contribution in [1.82, 2.24) is 4.90 Å². The average Bonchev–Trinajstić information content (AvgIpc) is 2.76. The van der Waals surface area contributed by atoms with Crippen LogP contribution in [0.5, 0.6) is 0 Å². The molecular weight excluding hydrogens is 315 g/mol. The van der Waals surface area contributed by atoms with Gasteiger partial charge in [-0.3, -0.25) is 9.69 Å². The Bertz CT molecular complexity index is 543. The Morgan fingerprint density at radius 1 is 1.08 bits per heavy atom. The largest absolute Gasteiger partial charge is 0.389 e. The van der Waals surface area contributed by atoms with Crippen molar-refractivity contribution in [2.75, 3.05) is 0 Å². The van der Waals surface area contributed by atoms with Gasteiger partial charge in [0.05, 0.1) is 0 Å². The molecule has 0 aromatic heterocycles. The number of hydrogen-bond donors (Lipinski definition) is 0. The minimum atomic E-state index is -4.15. The standard InChI is InChI=1S/C19H24F3NO/c20-19(21,22)10-4-7-18(24)15-11-16-8-9-17(12-15)23(16)13-14-5-2-1-3-6-14/h1-3,5-6,15-17H,4,7-13H2. The molecular formula is C19H24F3NO. The second kappa shape index (κ2) is 7.26. The van der Waals surface area contributed by atoms with Gasteiger partial charge in [0.1, 0.15) is 5.78 Å². The highest BCUT2D eigenvalue weighted by Gasteiger charge is 2.42. The van der Waals surface area contributed by atoms with E-state index in [0.29, 0.717) is 12.1 Å². The number of alkyl halides is 3. The lowest BCUT2D eigenvalue weighted by Gasteiger charge is -2.38. The van der Waals surface area contributed by atoms with Crippen molar-refractivity contribution in [1.29, 1.82) is 0 Å². The molecule has 2 saturated heterocycles. The predicted molar refractivity (Wildman–Crippen MR) is 86.4 cm³/mol. The number of piperidine rings is 1. The number of hydrogen-bond acceptors (Lipinski definition) is 2. The summed E-state index contributed by atoms with van der Waals surface area (Å²) in [6.07, 6.45) is -1.17. The van der Waals surface area contributed by atoms with Gasteiger partial charge in [-0.05, 0) is 37.7 Å². The Labute approximate surface area is 141 Å². The van der Waals surface area contributed by atoms with Gasteiger partial charge in [0.2, 0.25) is 0 Å². The van der Waals surface area contributed by atoms with Gasteiger partial charge >= 0.3 is 6.18 Å². The first-order chi connectivity index (χ1) is 11.4. The quantitative estimate of drug-likeness (QED) is 0.747. The molecule has 0 aliphatic carbocycles. The fourth-order valence-electron chi connectivity index (χ4n) is 4.26. The van der Waals surface area contributed by atoms with Gasteiger partial charge in [0.25, 0.3) is 0 Å². The van der Waals surface area contributed by atoms with Gasteiger partial charge in [0.15, 0.2) is 0 Å². The molecule has 3 rings (SSSR count). The molecule has 0 radical (unpaired) electrons. The van der Waals surface area contributed by atoms with Crippen molar-refractivity contribution in [3.05, 3.63) is 35.9 Å². The average molecular weight is 339 g/mol. The molecule has 5 heteroatoms. The van der Waals surface area contributed by atoms with Crippen molar-refractivity contribution in [3.8, 4) is 0 Å². The molecule has 24 heavy (non-hydrogen) atoms. The molecule has 2 unspecified atom stereocenters. The predicted octanol–water partition coefficient (Wildman–Crippen LogP) is 4.73. The highest BCUT2D eigenvalue weighted by Crippen LogP contribution is 2.40. The molecule has 1 aromatic carbocycles. The molecule has 2 nitrogen and oxygen atoms in total. The summed E-state index contributed by atoms with van der Waals surface area (Å²) in [4.78, 5) is 14.8. The summed E-state index contributed by atoms with van der Waals surface area (Å²) in [5, 5.41) is 0. The van der Waals surface area contributed by atoms with Crippen molar-refractivity contribution in [3.63, 3.8) is 0 Å². The summed E-state index contributed by atoms with van der Waals surface area (Å²) in [5.41, 5.74) is 1.28. The number of ketones is 1. The van der Waals surface area contributed by atoms with Crippen LogP contribution >= 0.6 is 0 Å². The minimum absolute atomic E-state index is 0.0375. The zero-order chi connectivity index (χ0) is 17.2. The maximum absolute atomic E-state index is 12.3. The Hall–Kier alpha value is -1.36. The van der Waals surface area contributed by atoms with Gasteiger partial charge < -0.3 is 0 Å². The molecule has 2 heterocycles. The number of nitrogens with zero attached hydrogens (tertiary/aromatic N) is 1. The van der Waals surface area contributed by atoms with Crippen LogP contribution in [0.1, 0.15) is 50.5 Å². The van der Waals surface area contributed by atoms with Crippen LogP contribution in [-0.2, 0) is 11.3 Å². The summed E-state index contributed by atoms with van der Waals surface area (Å²) >= 11 is 0. The third-order valence-electron chi connectivity index (χ3n) is 5.43. The van der Waals surface area contributed by atoms with E-state index in [1.54, 1.807) is 0 Å². The molecule has 2 bridgehead atoms. The van der Waals surface area contributed by atoms with Crippen molar-refractivity contribution >= 4 is 5.78 Å². The molecule has 2 aliphatic rings. The number of halogens is 3. The smallest absolute Gasteiger partial charge is 0.299 e. The molecule has 132 valence electrons. The zero-order valence-corrected chi connectivity index (χ0v) is 13.8. The summed E-state index contributed by atoms with van der Waals surface area (Å²) in [6, 6.07) is 11.1. The fraction of sp³-hybridized carbons (Fsp3) is 0.632. The van der Waals surface area contributed by atoms with Crippen LogP contribution in [0, 0.1) is 5.92 Å². The van der Waals surface area contributed by atoms with Crippen molar-refractivity contribution in [2.24, 2.45) is 5.92 Å². The number of benzene rings is 1. The van der Waals surface area contributed by atoms with E-state index >= 15 is 0 Å². The third-order valence-corrected chi connectivity index (χ3v) is 5.43. The molecule has 0 N–H and O–H groups in total. The van der Waals surface area contributed by atoms with E-state index in [9.17, 15) is 18.0 Å². The van der Waals surface area contributed by atoms with E-state index in [-0.39, 0.29) is 24.5 Å². The first-order valence-corrected chi connectivity index (χ1v) is 8.81. The number of fused-ring (bicyclic) bond motifs is 2. The maximum Gasteiger partial charge on any atom is 0.389 e. The molecule has 2 aliphatic heterocycles. The van der Waals surface area contributed by atoms with E-state index in [4.69, 9.17) is 0 Å². The van der Waals surface area contributed by atoms with Crippen LogP contribution in [0.2, 0.25) is 0 Å². The topological polar surface area (TPSA) is 20.3 Å². The Kier molecular flexibility index (Phi) is 5.28. The zero-order valence-electron chi connectivity index (χ0n) is 13.8. The van der Waals surface area contributed by atoms with E-state index in [1.807, 2.05) is 18.2 Å². The first-order valence-electron chi connectivity index (χ1n) is 8.81. The lowest BCUT2D eigenvalue weighted by molar-refractivity contribution is -0.138. The van der Waals surface area contributed by atoms with Crippen molar-refractivity contribution < 1.29 is 18.0 Å². The van der Waals surface area contributed by atoms with Crippen LogP contribution in [-0.4, -0.2) is 28.9 Å². The lowest BCUT2D eigenvalue weighted by atomic mass is 9.85. The van der Waals surface area contributed by atoms with Crippen LogP contribution in [0.3, 0.4) is 0 Å². The molecule has 1 aromatic rings. The third kappa shape index (κ3) is 4.38. The summed E-state index contributed by atoms with van der Waals surface area (Å²) in [5.74, 6) is -0.00160. The molecule has 0 spiro atoms. The van der Waals surface area contributed by atoms with E-state index in [2.05, 4.69) is 17.0 Å². The van der Waals surface area contributed by atoms with Crippen LogP contribution in [0.15, 0.2) is 30.3 Å². The summed E-state index contributed by atoms with van der Waals surface area (Å²) in [7, 11) is 0. The SMILES string of the molecule is O=C(CCCC(F)(F)F)C1CC2CCC(C1)N2Cc1ccccc1. The monoisotopic (exact) mass is 339 g/mol. The lowest BCUT2D eigenvalue weighted by Crippen LogP contribution is -2.44. The number of Topliss-reactive ketones (excluding diaryl/α,β-unsaturated/α-hetero) is 1. The highest BCUT2D eigenvalue weighted by molar-refractivity contribution is 5.81. The van der Waals surface area contributed by atoms with Crippen LogP contribution in [0.4, 0.5) is 13.2 Å². The van der Waals surface area contributed by atoms with Gasteiger partial charge in [-0.15, -0.1) is 0 Å². The number of carbonyl (C=O) groups excluding carboxylic acids is 1. The number of rotatable bonds is 6. The molecule has 2 fully saturated rings. The molecule has 2 atom stereocenters. The Morgan fingerprint density at radius 3 is 2.29 bits per heavy atom. The number of carbonyl (C=O) groups is 1. The Morgan fingerprint density at radius 2 is 1.71 bits per heavy atom. The molecule has 0 amide bonds. The Balaban J connectivity index is 1.52. The van der Waals surface area contributed by atoms with Gasteiger partial charge in [0, 0.05) is 37.4 Å². The van der Waals surface area contributed by atoms with E-state index in [0.717, 1.165) is 32.2 Å². The van der Waals surface area contributed by atoms with Gasteiger partial charge in [-0.2, -0.15) is 13.2 Å². The molecule has 0 saturated carbocycles. The summed E-state index contributed by atoms with van der Waals surface area (Å²) in [6.45, 7) is 0.908. The minimum Gasteiger partial charge on any atom is -0.299 e. The van der Waals surface area contributed by atoms with Crippen LogP contribution in [0.25, 0.3) is 0 Å². The fourth-order valence-corrected chi connectivity index (χ4v) is 4.26. The second-order valence-corrected chi connectivity index (χ2v) is 7.15. The van der Waals surface area contributed by atoms with E-state index < -0.39 is 12.6 Å². The van der Waals surface area contributed by atoms with E-state index in [1.165, 1.54) is 5.56 Å². The van der Waals surface area contributed by atoms with Crippen LogP contribution < -0.4 is 0 Å².